The molecule has 2 aromatic rings. The summed E-state index contributed by atoms with van der Waals surface area (Å²) in [5.74, 6) is 2.62. The lowest BCUT2D eigenvalue weighted by atomic mass is 10.1. The van der Waals surface area contributed by atoms with Crippen molar-refractivity contribution in [3.05, 3.63) is 59.7 Å². The summed E-state index contributed by atoms with van der Waals surface area (Å²) >= 11 is 0. The van der Waals surface area contributed by atoms with E-state index in [1.54, 1.807) is 14.2 Å². The molecule has 2 aromatic carbocycles. The zero-order chi connectivity index (χ0) is 16.8. The second-order valence-electron chi connectivity index (χ2n) is 5.71. The van der Waals surface area contributed by atoms with Gasteiger partial charge in [0.05, 0.1) is 13.7 Å². The Balaban J connectivity index is 1.45. The average molecular weight is 325 g/mol. The lowest BCUT2D eigenvalue weighted by Crippen LogP contribution is -2.41. The van der Waals surface area contributed by atoms with Crippen LogP contribution in [0.4, 0.5) is 0 Å². The Morgan fingerprint density at radius 3 is 2.67 bits per heavy atom. The zero-order valence-electron chi connectivity index (χ0n) is 14.1. The largest absolute Gasteiger partial charge is 0.497 e. The highest BCUT2D eigenvalue weighted by Crippen LogP contribution is 2.27. The van der Waals surface area contributed by atoms with Gasteiger partial charge < -0.3 is 20.1 Å². The van der Waals surface area contributed by atoms with E-state index < -0.39 is 0 Å². The average Bonchev–Trinajstić information content (AvgIpc) is 3.05. The standard InChI is InChI=1S/C19H23N3O2/c1-20-19(21-12-14-7-9-16(23-2)10-8-14)22-13-17-11-15-5-3-4-6-18(15)24-17/h3-10,17H,11-13H2,1-2H3,(H2,20,21,22). The Morgan fingerprint density at radius 2 is 1.96 bits per heavy atom. The van der Waals surface area contributed by atoms with Crippen molar-refractivity contribution >= 4 is 5.96 Å². The molecular formula is C19H23N3O2. The van der Waals surface area contributed by atoms with Gasteiger partial charge in [0.25, 0.3) is 0 Å². The third-order valence-corrected chi connectivity index (χ3v) is 4.05. The van der Waals surface area contributed by atoms with Crippen LogP contribution in [0.3, 0.4) is 0 Å². The van der Waals surface area contributed by atoms with Gasteiger partial charge in [-0.05, 0) is 29.3 Å². The van der Waals surface area contributed by atoms with E-state index in [1.165, 1.54) is 11.1 Å². The van der Waals surface area contributed by atoms with Crippen molar-refractivity contribution in [2.75, 3.05) is 20.7 Å². The van der Waals surface area contributed by atoms with Crippen LogP contribution in [0.25, 0.3) is 0 Å². The lowest BCUT2D eigenvalue weighted by Gasteiger charge is -2.15. The smallest absolute Gasteiger partial charge is 0.191 e. The summed E-state index contributed by atoms with van der Waals surface area (Å²) < 4.78 is 11.1. The molecule has 0 aliphatic carbocycles. The Morgan fingerprint density at radius 1 is 1.17 bits per heavy atom. The molecule has 0 radical (unpaired) electrons. The van der Waals surface area contributed by atoms with Crippen molar-refractivity contribution in [1.29, 1.82) is 0 Å². The quantitative estimate of drug-likeness (QED) is 0.654. The first-order valence-corrected chi connectivity index (χ1v) is 8.10. The lowest BCUT2D eigenvalue weighted by molar-refractivity contribution is 0.235. The van der Waals surface area contributed by atoms with E-state index >= 15 is 0 Å². The van der Waals surface area contributed by atoms with Crippen LogP contribution in [0.2, 0.25) is 0 Å². The minimum atomic E-state index is 0.141. The van der Waals surface area contributed by atoms with Gasteiger partial charge in [-0.2, -0.15) is 0 Å². The first-order valence-electron chi connectivity index (χ1n) is 8.10. The summed E-state index contributed by atoms with van der Waals surface area (Å²) in [7, 11) is 3.44. The van der Waals surface area contributed by atoms with Crippen LogP contribution in [0, 0.1) is 0 Å². The van der Waals surface area contributed by atoms with Gasteiger partial charge in [0.15, 0.2) is 5.96 Å². The van der Waals surface area contributed by atoms with Gasteiger partial charge in [-0.15, -0.1) is 0 Å². The molecule has 1 aliphatic rings. The molecule has 5 nitrogen and oxygen atoms in total. The van der Waals surface area contributed by atoms with E-state index in [1.807, 2.05) is 42.5 Å². The maximum Gasteiger partial charge on any atom is 0.191 e. The monoisotopic (exact) mass is 325 g/mol. The molecule has 0 fully saturated rings. The van der Waals surface area contributed by atoms with Crippen molar-refractivity contribution in [2.24, 2.45) is 4.99 Å². The van der Waals surface area contributed by atoms with Gasteiger partial charge >= 0.3 is 0 Å². The van der Waals surface area contributed by atoms with E-state index in [9.17, 15) is 0 Å². The molecule has 1 atom stereocenters. The molecule has 1 heterocycles. The molecule has 3 rings (SSSR count). The third kappa shape index (κ3) is 3.98. The number of nitrogens with one attached hydrogen (secondary N) is 2. The highest BCUT2D eigenvalue weighted by Gasteiger charge is 2.22. The van der Waals surface area contributed by atoms with Crippen LogP contribution < -0.4 is 20.1 Å². The second-order valence-corrected chi connectivity index (χ2v) is 5.71. The minimum Gasteiger partial charge on any atom is -0.497 e. The van der Waals surface area contributed by atoms with E-state index in [4.69, 9.17) is 9.47 Å². The first kappa shape index (κ1) is 16.2. The van der Waals surface area contributed by atoms with Crippen molar-refractivity contribution in [3.63, 3.8) is 0 Å². The summed E-state index contributed by atoms with van der Waals surface area (Å²) in [6.07, 6.45) is 1.07. The first-order chi connectivity index (χ1) is 11.8. The van der Waals surface area contributed by atoms with E-state index in [0.29, 0.717) is 6.54 Å². The third-order valence-electron chi connectivity index (χ3n) is 4.05. The van der Waals surface area contributed by atoms with Crippen LogP contribution in [0.5, 0.6) is 11.5 Å². The SMILES string of the molecule is CN=C(NCc1ccc(OC)cc1)NCC1Cc2ccccc2O1. The number of guanidine groups is 1. The minimum absolute atomic E-state index is 0.141. The number of ether oxygens (including phenoxy) is 2. The molecule has 0 spiro atoms. The van der Waals surface area contributed by atoms with Crippen LogP contribution in [0.1, 0.15) is 11.1 Å². The fourth-order valence-corrected chi connectivity index (χ4v) is 2.73. The molecule has 24 heavy (non-hydrogen) atoms. The van der Waals surface area contributed by atoms with Crippen LogP contribution in [0.15, 0.2) is 53.5 Å². The maximum absolute atomic E-state index is 5.93. The van der Waals surface area contributed by atoms with Crippen molar-refractivity contribution in [3.8, 4) is 11.5 Å². The molecule has 1 unspecified atom stereocenters. The fraction of sp³-hybridized carbons (Fsp3) is 0.316. The highest BCUT2D eigenvalue weighted by molar-refractivity contribution is 5.79. The molecule has 2 N–H and O–H groups in total. The zero-order valence-corrected chi connectivity index (χ0v) is 14.1. The molecule has 1 aliphatic heterocycles. The van der Waals surface area contributed by atoms with Crippen molar-refractivity contribution in [2.45, 2.75) is 19.1 Å². The summed E-state index contributed by atoms with van der Waals surface area (Å²) in [6, 6.07) is 16.2. The summed E-state index contributed by atoms with van der Waals surface area (Å²) in [6.45, 7) is 1.42. The van der Waals surface area contributed by atoms with Gasteiger partial charge in [-0.3, -0.25) is 4.99 Å². The molecule has 5 heteroatoms. The number of hydrogen-bond donors (Lipinski definition) is 2. The fourth-order valence-electron chi connectivity index (χ4n) is 2.73. The highest BCUT2D eigenvalue weighted by atomic mass is 16.5. The summed E-state index contributed by atoms with van der Waals surface area (Å²) in [4.78, 5) is 4.26. The maximum atomic E-state index is 5.93. The molecule has 0 aromatic heterocycles. The normalized spacial score (nSPS) is 16.2. The van der Waals surface area contributed by atoms with Gasteiger partial charge in [-0.1, -0.05) is 30.3 Å². The Bertz CT molecular complexity index is 673. The number of para-hydroxylation sites is 1. The van der Waals surface area contributed by atoms with Gasteiger partial charge in [-0.25, -0.2) is 0 Å². The molecule has 0 saturated carbocycles. The van der Waals surface area contributed by atoms with Crippen LogP contribution in [-0.2, 0) is 13.0 Å². The summed E-state index contributed by atoms with van der Waals surface area (Å²) in [5.41, 5.74) is 2.44. The van der Waals surface area contributed by atoms with Gasteiger partial charge in [0, 0.05) is 20.0 Å². The predicted octanol–water partition coefficient (Wildman–Crippen LogP) is 2.36. The van der Waals surface area contributed by atoms with E-state index in [0.717, 1.165) is 30.4 Å². The van der Waals surface area contributed by atoms with Crippen LogP contribution in [-0.4, -0.2) is 32.8 Å². The van der Waals surface area contributed by atoms with E-state index in [-0.39, 0.29) is 6.10 Å². The van der Waals surface area contributed by atoms with Gasteiger partial charge in [0.2, 0.25) is 0 Å². The van der Waals surface area contributed by atoms with Crippen molar-refractivity contribution in [1.82, 2.24) is 10.6 Å². The Labute approximate surface area is 142 Å². The number of rotatable bonds is 5. The molecule has 0 bridgehead atoms. The number of fused-ring (bicyclic) bond motifs is 1. The van der Waals surface area contributed by atoms with Gasteiger partial charge in [0.1, 0.15) is 17.6 Å². The van der Waals surface area contributed by atoms with Crippen LogP contribution >= 0.6 is 0 Å². The number of aliphatic imine (C=N–C) groups is 1. The molecule has 0 saturated heterocycles. The summed E-state index contributed by atoms with van der Waals surface area (Å²) in [5, 5.41) is 6.64. The van der Waals surface area contributed by atoms with E-state index in [2.05, 4.69) is 21.7 Å². The second kappa shape index (κ2) is 7.73. The number of benzene rings is 2. The topological polar surface area (TPSA) is 54.9 Å². The molecule has 126 valence electrons. The number of methoxy groups -OCH3 is 1. The molecule has 0 amide bonds. The Kier molecular flexibility index (Phi) is 5.21. The Hall–Kier alpha value is -2.69. The van der Waals surface area contributed by atoms with Crippen molar-refractivity contribution < 1.29 is 9.47 Å². The predicted molar refractivity (Wildman–Crippen MR) is 95.8 cm³/mol. The molecular weight excluding hydrogens is 302 g/mol. The number of hydrogen-bond acceptors (Lipinski definition) is 3. The number of nitrogens with zero attached hydrogens (tertiary/aromatic N) is 1.